The molecule has 2 aromatic carbocycles. The van der Waals surface area contributed by atoms with Crippen LogP contribution in [-0.4, -0.2) is 35.3 Å². The number of hydrogen-bond donors (Lipinski definition) is 2. The van der Waals surface area contributed by atoms with E-state index < -0.39 is 5.97 Å². The predicted molar refractivity (Wildman–Crippen MR) is 107 cm³/mol. The van der Waals surface area contributed by atoms with Crippen molar-refractivity contribution in [3.05, 3.63) is 72.8 Å². The molecule has 8 heteroatoms. The lowest BCUT2D eigenvalue weighted by Crippen LogP contribution is -2.06. The summed E-state index contributed by atoms with van der Waals surface area (Å²) >= 11 is 0. The zero-order valence-corrected chi connectivity index (χ0v) is 15.8. The number of esters is 1. The van der Waals surface area contributed by atoms with Crippen LogP contribution in [0.2, 0.25) is 0 Å². The van der Waals surface area contributed by atoms with Crippen LogP contribution in [0.4, 0.5) is 11.5 Å². The molecular weight excluding hydrogens is 374 g/mol. The summed E-state index contributed by atoms with van der Waals surface area (Å²) in [6.45, 7) is 0. The Kier molecular flexibility index (Phi) is 6.26. The number of phenolic OH excluding ortho intramolecular Hbond substituents is 1. The Hall–Kier alpha value is -4.07. The van der Waals surface area contributed by atoms with Gasteiger partial charge in [-0.05, 0) is 18.2 Å². The molecule has 0 aliphatic heterocycles. The largest absolute Gasteiger partial charge is 0.506 e. The normalized spacial score (nSPS) is 10.9. The highest BCUT2D eigenvalue weighted by Crippen LogP contribution is 2.31. The van der Waals surface area contributed by atoms with E-state index in [1.54, 1.807) is 54.6 Å². The molecule has 3 rings (SSSR count). The molecule has 0 spiro atoms. The van der Waals surface area contributed by atoms with Crippen LogP contribution in [0.15, 0.2) is 67.2 Å². The molecular formula is C21H19N3O5. The number of carbonyl (C=O) groups excluding carboxylic acids is 1. The van der Waals surface area contributed by atoms with Crippen LogP contribution in [0.3, 0.4) is 0 Å². The van der Waals surface area contributed by atoms with Gasteiger partial charge in [-0.2, -0.15) is 0 Å². The van der Waals surface area contributed by atoms with Crippen molar-refractivity contribution >= 4 is 23.0 Å². The van der Waals surface area contributed by atoms with Gasteiger partial charge in [0.15, 0.2) is 0 Å². The Bertz CT molecular complexity index is 1040. The SMILES string of the molecule is COC=C(C(=O)OC)c1ccccc1Oc1cc(Nc2ccccc2O)ncn1. The maximum Gasteiger partial charge on any atom is 0.341 e. The molecule has 1 aromatic heterocycles. The number of rotatable bonds is 7. The molecule has 2 N–H and O–H groups in total. The lowest BCUT2D eigenvalue weighted by Gasteiger charge is -2.13. The van der Waals surface area contributed by atoms with Gasteiger partial charge in [0.1, 0.15) is 29.2 Å². The summed E-state index contributed by atoms with van der Waals surface area (Å²) in [5.74, 6) is 0.578. The molecule has 0 aliphatic carbocycles. The number of nitrogens with zero attached hydrogens (tertiary/aromatic N) is 2. The van der Waals surface area contributed by atoms with Crippen molar-refractivity contribution in [3.8, 4) is 17.4 Å². The van der Waals surface area contributed by atoms with E-state index in [0.717, 1.165) is 0 Å². The Morgan fingerprint density at radius 3 is 2.59 bits per heavy atom. The topological polar surface area (TPSA) is 103 Å². The van der Waals surface area contributed by atoms with Crippen molar-refractivity contribution in [2.45, 2.75) is 0 Å². The summed E-state index contributed by atoms with van der Waals surface area (Å²) < 4.78 is 15.7. The molecule has 0 saturated heterocycles. The molecule has 3 aromatic rings. The first-order valence-electron chi connectivity index (χ1n) is 8.58. The van der Waals surface area contributed by atoms with Gasteiger partial charge in [0.25, 0.3) is 0 Å². The molecule has 0 fully saturated rings. The molecule has 0 atom stereocenters. The second-order valence-electron chi connectivity index (χ2n) is 5.74. The highest BCUT2D eigenvalue weighted by molar-refractivity contribution is 6.17. The number of carbonyl (C=O) groups is 1. The van der Waals surface area contributed by atoms with E-state index in [4.69, 9.17) is 14.2 Å². The first-order valence-corrected chi connectivity index (χ1v) is 8.58. The summed E-state index contributed by atoms with van der Waals surface area (Å²) in [4.78, 5) is 20.3. The Labute approximate surface area is 167 Å². The monoisotopic (exact) mass is 393 g/mol. The van der Waals surface area contributed by atoms with Gasteiger partial charge < -0.3 is 24.6 Å². The van der Waals surface area contributed by atoms with E-state index in [0.29, 0.717) is 22.8 Å². The Balaban J connectivity index is 1.89. The number of anilines is 2. The smallest absolute Gasteiger partial charge is 0.341 e. The van der Waals surface area contributed by atoms with Gasteiger partial charge in [0.2, 0.25) is 5.88 Å². The fraction of sp³-hybridized carbons (Fsp3) is 0.0952. The first kappa shape index (κ1) is 19.7. The zero-order chi connectivity index (χ0) is 20.6. The van der Waals surface area contributed by atoms with Crippen molar-refractivity contribution in [1.29, 1.82) is 0 Å². The summed E-state index contributed by atoms with van der Waals surface area (Å²) in [6.07, 6.45) is 2.62. The van der Waals surface area contributed by atoms with E-state index in [9.17, 15) is 9.90 Å². The molecule has 0 saturated carbocycles. The highest BCUT2D eigenvalue weighted by Gasteiger charge is 2.18. The molecule has 0 unspecified atom stereocenters. The number of hydrogen-bond acceptors (Lipinski definition) is 8. The third-order valence-corrected chi connectivity index (χ3v) is 3.84. The Morgan fingerprint density at radius 2 is 1.83 bits per heavy atom. The summed E-state index contributed by atoms with van der Waals surface area (Å²) in [5, 5.41) is 12.9. The number of nitrogens with one attached hydrogen (secondary N) is 1. The summed E-state index contributed by atoms with van der Waals surface area (Å²) in [5.41, 5.74) is 1.18. The zero-order valence-electron chi connectivity index (χ0n) is 15.8. The maximum atomic E-state index is 12.1. The van der Waals surface area contributed by atoms with Crippen molar-refractivity contribution in [2.75, 3.05) is 19.5 Å². The van der Waals surface area contributed by atoms with Crippen LogP contribution in [0.1, 0.15) is 5.56 Å². The van der Waals surface area contributed by atoms with Gasteiger partial charge >= 0.3 is 5.97 Å². The number of aromatic hydroxyl groups is 1. The van der Waals surface area contributed by atoms with E-state index in [2.05, 4.69) is 15.3 Å². The number of benzene rings is 2. The van der Waals surface area contributed by atoms with Gasteiger partial charge in [-0.25, -0.2) is 14.8 Å². The van der Waals surface area contributed by atoms with Gasteiger partial charge in [0.05, 0.1) is 26.2 Å². The Morgan fingerprint density at radius 1 is 1.07 bits per heavy atom. The number of para-hydroxylation sites is 3. The number of ether oxygens (including phenoxy) is 3. The van der Waals surface area contributed by atoms with Crippen molar-refractivity contribution in [2.24, 2.45) is 0 Å². The third kappa shape index (κ3) is 4.81. The number of phenols is 1. The molecule has 0 amide bonds. The second-order valence-corrected chi connectivity index (χ2v) is 5.74. The van der Waals surface area contributed by atoms with Crippen LogP contribution in [0.5, 0.6) is 17.4 Å². The van der Waals surface area contributed by atoms with E-state index in [1.165, 1.54) is 26.8 Å². The predicted octanol–water partition coefficient (Wildman–Crippen LogP) is 3.88. The molecule has 8 nitrogen and oxygen atoms in total. The third-order valence-electron chi connectivity index (χ3n) is 3.84. The van der Waals surface area contributed by atoms with Gasteiger partial charge in [-0.1, -0.05) is 30.3 Å². The average Bonchev–Trinajstić information content (AvgIpc) is 2.74. The highest BCUT2D eigenvalue weighted by atomic mass is 16.5. The standard InChI is InChI=1S/C21H19N3O5/c1-27-12-15(21(26)28-2)14-7-3-6-10-18(14)29-20-11-19(22-13-23-20)24-16-8-4-5-9-17(16)25/h3-13,25H,1-2H3,(H,22,23,24). The minimum Gasteiger partial charge on any atom is -0.506 e. The van der Waals surface area contributed by atoms with Gasteiger partial charge in [-0.3, -0.25) is 0 Å². The van der Waals surface area contributed by atoms with E-state index in [-0.39, 0.29) is 17.2 Å². The minimum absolute atomic E-state index is 0.0892. The molecule has 0 radical (unpaired) electrons. The molecule has 0 bridgehead atoms. The minimum atomic E-state index is -0.563. The van der Waals surface area contributed by atoms with Crippen LogP contribution in [0, 0.1) is 0 Å². The van der Waals surface area contributed by atoms with Crippen LogP contribution in [-0.2, 0) is 14.3 Å². The number of methoxy groups -OCH3 is 2. The lowest BCUT2D eigenvalue weighted by molar-refractivity contribution is -0.133. The molecule has 1 heterocycles. The lowest BCUT2D eigenvalue weighted by atomic mass is 10.1. The average molecular weight is 393 g/mol. The van der Waals surface area contributed by atoms with Crippen LogP contribution in [0.25, 0.3) is 5.57 Å². The molecule has 29 heavy (non-hydrogen) atoms. The number of aromatic nitrogens is 2. The fourth-order valence-corrected chi connectivity index (χ4v) is 2.52. The summed E-state index contributed by atoms with van der Waals surface area (Å²) in [6, 6.07) is 15.3. The quantitative estimate of drug-likeness (QED) is 0.270. The molecule has 148 valence electrons. The first-order chi connectivity index (χ1) is 14.1. The molecule has 0 aliphatic rings. The van der Waals surface area contributed by atoms with Crippen LogP contribution < -0.4 is 10.1 Å². The van der Waals surface area contributed by atoms with E-state index in [1.807, 2.05) is 0 Å². The van der Waals surface area contributed by atoms with Gasteiger partial charge in [-0.15, -0.1) is 0 Å². The fourth-order valence-electron chi connectivity index (χ4n) is 2.52. The maximum absolute atomic E-state index is 12.1. The van der Waals surface area contributed by atoms with Crippen LogP contribution >= 0.6 is 0 Å². The van der Waals surface area contributed by atoms with Gasteiger partial charge in [0, 0.05) is 11.6 Å². The van der Waals surface area contributed by atoms with E-state index >= 15 is 0 Å². The summed E-state index contributed by atoms with van der Waals surface area (Å²) in [7, 11) is 2.73. The van der Waals surface area contributed by atoms with Crippen molar-refractivity contribution in [1.82, 2.24) is 9.97 Å². The van der Waals surface area contributed by atoms with Crippen molar-refractivity contribution < 1.29 is 24.1 Å². The second kappa shape index (κ2) is 9.23. The van der Waals surface area contributed by atoms with Crippen molar-refractivity contribution in [3.63, 3.8) is 0 Å².